The summed E-state index contributed by atoms with van der Waals surface area (Å²) in [6.07, 6.45) is -8.79. The van der Waals surface area contributed by atoms with Gasteiger partial charge in [0.25, 0.3) is 0 Å². The topological polar surface area (TPSA) is 50.8 Å². The van der Waals surface area contributed by atoms with Crippen molar-refractivity contribution >= 4 is 46.6 Å². The van der Waals surface area contributed by atoms with Gasteiger partial charge in [-0.2, -0.15) is 13.2 Å². The van der Waals surface area contributed by atoms with E-state index in [9.17, 15) is 18.0 Å². The second kappa shape index (κ2) is 10.3. The molecular weight excluding hydrogens is 480 g/mol. The quantitative estimate of drug-likeness (QED) is 0.534. The van der Waals surface area contributed by atoms with Gasteiger partial charge in [-0.05, 0) is 48.0 Å². The SMILES string of the molecule is O=C(Nc1ccc(Cl)cc1)OC(CN1CCO[C@@H](c2cc(Cl)cc(Cl)c2)C1)C(F)(F)F. The summed E-state index contributed by atoms with van der Waals surface area (Å²) >= 11 is 17.8. The fourth-order valence-electron chi connectivity index (χ4n) is 3.08. The summed E-state index contributed by atoms with van der Waals surface area (Å²) in [4.78, 5) is 13.5. The maximum atomic E-state index is 13.5. The summed E-state index contributed by atoms with van der Waals surface area (Å²) in [5, 5.41) is 3.49. The zero-order valence-electron chi connectivity index (χ0n) is 16.0. The van der Waals surface area contributed by atoms with Crippen molar-refractivity contribution in [3.05, 3.63) is 63.1 Å². The van der Waals surface area contributed by atoms with E-state index in [-0.39, 0.29) is 25.4 Å². The summed E-state index contributed by atoms with van der Waals surface area (Å²) in [6.45, 7) is 0.0764. The lowest BCUT2D eigenvalue weighted by atomic mass is 10.1. The Morgan fingerprint density at radius 2 is 1.77 bits per heavy atom. The number of morpholine rings is 1. The molecule has 168 valence electrons. The predicted octanol–water partition coefficient (Wildman–Crippen LogP) is 6.20. The molecule has 2 atom stereocenters. The van der Waals surface area contributed by atoms with Gasteiger partial charge in [-0.15, -0.1) is 0 Å². The van der Waals surface area contributed by atoms with Crippen molar-refractivity contribution in [2.75, 3.05) is 31.6 Å². The average molecular weight is 498 g/mol. The first-order valence-electron chi connectivity index (χ1n) is 9.20. The minimum absolute atomic E-state index is 0.158. The standard InChI is InChI=1S/C20H18Cl3F3N2O3/c21-13-1-3-16(4-2-13)27-19(29)31-18(20(24,25)26)11-28-5-6-30-17(10-28)12-7-14(22)9-15(23)8-12/h1-4,7-9,17-18H,5-6,10-11H2,(H,27,29)/t17-,18?/m1/s1. The Kier molecular flexibility index (Phi) is 7.93. The van der Waals surface area contributed by atoms with Crippen LogP contribution in [-0.4, -0.2) is 49.5 Å². The van der Waals surface area contributed by atoms with Crippen molar-refractivity contribution in [3.8, 4) is 0 Å². The second-order valence-electron chi connectivity index (χ2n) is 6.89. The average Bonchev–Trinajstić information content (AvgIpc) is 2.68. The van der Waals surface area contributed by atoms with Crippen LogP contribution >= 0.6 is 34.8 Å². The Balaban J connectivity index is 1.64. The van der Waals surface area contributed by atoms with Gasteiger partial charge in [0.15, 0.2) is 0 Å². The molecule has 1 heterocycles. The number of alkyl halides is 3. The summed E-state index contributed by atoms with van der Waals surface area (Å²) in [5.74, 6) is 0. The molecule has 0 aromatic heterocycles. The Bertz CT molecular complexity index is 893. The Hall–Kier alpha value is -1.71. The molecule has 11 heteroatoms. The molecule has 31 heavy (non-hydrogen) atoms. The number of benzene rings is 2. The van der Waals surface area contributed by atoms with Crippen LogP contribution in [0.5, 0.6) is 0 Å². The molecule has 2 aromatic carbocycles. The van der Waals surface area contributed by atoms with E-state index < -0.39 is 31.0 Å². The van der Waals surface area contributed by atoms with Crippen molar-refractivity contribution in [1.29, 1.82) is 0 Å². The number of hydrogen-bond donors (Lipinski definition) is 1. The van der Waals surface area contributed by atoms with Gasteiger partial charge in [-0.1, -0.05) is 34.8 Å². The van der Waals surface area contributed by atoms with Gasteiger partial charge in [-0.25, -0.2) is 4.79 Å². The number of hydrogen-bond acceptors (Lipinski definition) is 4. The summed E-state index contributed by atoms with van der Waals surface area (Å²) in [6, 6.07) is 10.8. The van der Waals surface area contributed by atoms with E-state index in [1.54, 1.807) is 18.2 Å². The van der Waals surface area contributed by atoms with Crippen molar-refractivity contribution in [2.24, 2.45) is 0 Å². The number of halogens is 6. The highest BCUT2D eigenvalue weighted by molar-refractivity contribution is 6.34. The summed E-state index contributed by atoms with van der Waals surface area (Å²) < 4.78 is 51.0. The van der Waals surface area contributed by atoms with Gasteiger partial charge in [0, 0.05) is 40.4 Å². The summed E-state index contributed by atoms with van der Waals surface area (Å²) in [5.41, 5.74) is 0.923. The number of rotatable bonds is 5. The van der Waals surface area contributed by atoms with Gasteiger partial charge in [0.1, 0.15) is 0 Å². The van der Waals surface area contributed by atoms with E-state index in [1.807, 2.05) is 0 Å². The fraction of sp³-hybridized carbons (Fsp3) is 0.350. The fourth-order valence-corrected chi connectivity index (χ4v) is 3.75. The minimum Gasteiger partial charge on any atom is -0.435 e. The van der Waals surface area contributed by atoms with Crippen LogP contribution in [0.4, 0.5) is 23.7 Å². The van der Waals surface area contributed by atoms with Crippen LogP contribution in [-0.2, 0) is 9.47 Å². The van der Waals surface area contributed by atoms with E-state index in [2.05, 4.69) is 5.32 Å². The number of carbonyl (C=O) groups excluding carboxylic acids is 1. The number of carbonyl (C=O) groups is 1. The molecule has 0 radical (unpaired) electrons. The van der Waals surface area contributed by atoms with E-state index in [4.69, 9.17) is 44.3 Å². The van der Waals surface area contributed by atoms with Gasteiger partial charge in [0.05, 0.1) is 12.7 Å². The lowest BCUT2D eigenvalue weighted by Gasteiger charge is -2.35. The predicted molar refractivity (Wildman–Crippen MR) is 113 cm³/mol. The molecule has 2 aromatic rings. The van der Waals surface area contributed by atoms with Crippen LogP contribution in [0.1, 0.15) is 11.7 Å². The Labute approximate surface area is 192 Å². The molecule has 0 saturated carbocycles. The Morgan fingerprint density at radius 1 is 1.13 bits per heavy atom. The molecular formula is C20H18Cl3F3N2O3. The third-order valence-corrected chi connectivity index (χ3v) is 5.22. The smallest absolute Gasteiger partial charge is 0.426 e. The van der Waals surface area contributed by atoms with Crippen LogP contribution in [0.3, 0.4) is 0 Å². The molecule has 0 spiro atoms. The molecule has 1 amide bonds. The third-order valence-electron chi connectivity index (χ3n) is 4.54. The first kappa shape index (κ1) is 23.9. The lowest BCUT2D eigenvalue weighted by Crippen LogP contribution is -2.48. The van der Waals surface area contributed by atoms with E-state index in [0.29, 0.717) is 20.6 Å². The van der Waals surface area contributed by atoms with Crippen molar-refractivity contribution in [2.45, 2.75) is 18.4 Å². The lowest BCUT2D eigenvalue weighted by molar-refractivity contribution is -0.209. The number of nitrogens with one attached hydrogen (secondary N) is 1. The second-order valence-corrected chi connectivity index (χ2v) is 8.20. The first-order chi connectivity index (χ1) is 14.6. The van der Waals surface area contributed by atoms with Gasteiger partial charge in [0.2, 0.25) is 6.10 Å². The Morgan fingerprint density at radius 3 is 2.39 bits per heavy atom. The molecule has 1 unspecified atom stereocenters. The van der Waals surface area contributed by atoms with E-state index in [0.717, 1.165) is 0 Å². The third kappa shape index (κ3) is 7.15. The number of amides is 1. The maximum Gasteiger partial charge on any atom is 0.426 e. The first-order valence-corrected chi connectivity index (χ1v) is 10.3. The molecule has 1 aliphatic rings. The maximum absolute atomic E-state index is 13.5. The van der Waals surface area contributed by atoms with Crippen LogP contribution < -0.4 is 5.32 Å². The number of ether oxygens (including phenoxy) is 2. The number of anilines is 1. The van der Waals surface area contributed by atoms with Crippen molar-refractivity contribution < 1.29 is 27.4 Å². The van der Waals surface area contributed by atoms with Gasteiger partial charge in [-0.3, -0.25) is 10.2 Å². The van der Waals surface area contributed by atoms with Gasteiger partial charge >= 0.3 is 12.3 Å². The zero-order chi connectivity index (χ0) is 22.6. The molecule has 1 aliphatic heterocycles. The largest absolute Gasteiger partial charge is 0.435 e. The molecule has 1 saturated heterocycles. The van der Waals surface area contributed by atoms with Crippen LogP contribution in [0.2, 0.25) is 15.1 Å². The monoisotopic (exact) mass is 496 g/mol. The molecule has 1 N–H and O–H groups in total. The van der Waals surface area contributed by atoms with E-state index in [1.165, 1.54) is 29.2 Å². The normalized spacial score (nSPS) is 18.5. The molecule has 0 bridgehead atoms. The summed E-state index contributed by atoms with van der Waals surface area (Å²) in [7, 11) is 0. The van der Waals surface area contributed by atoms with Crippen LogP contribution in [0.25, 0.3) is 0 Å². The molecule has 5 nitrogen and oxygen atoms in total. The molecule has 3 rings (SSSR count). The van der Waals surface area contributed by atoms with Crippen LogP contribution in [0.15, 0.2) is 42.5 Å². The highest BCUT2D eigenvalue weighted by atomic mass is 35.5. The van der Waals surface area contributed by atoms with Crippen molar-refractivity contribution in [1.82, 2.24) is 4.90 Å². The molecule has 1 fully saturated rings. The van der Waals surface area contributed by atoms with E-state index >= 15 is 0 Å². The van der Waals surface area contributed by atoms with Crippen LogP contribution in [0, 0.1) is 0 Å². The van der Waals surface area contributed by atoms with Crippen molar-refractivity contribution in [3.63, 3.8) is 0 Å². The minimum atomic E-state index is -4.75. The highest BCUT2D eigenvalue weighted by Crippen LogP contribution is 2.30. The zero-order valence-corrected chi connectivity index (χ0v) is 18.2. The van der Waals surface area contributed by atoms with Gasteiger partial charge < -0.3 is 9.47 Å². The molecule has 0 aliphatic carbocycles. The highest BCUT2D eigenvalue weighted by Gasteiger charge is 2.44. The number of nitrogens with zero attached hydrogens (tertiary/aromatic N) is 1.